The highest BCUT2D eigenvalue weighted by atomic mass is 16.5. The summed E-state index contributed by atoms with van der Waals surface area (Å²) in [7, 11) is 0. The van der Waals surface area contributed by atoms with Crippen LogP contribution in [-0.2, 0) is 14.3 Å². The van der Waals surface area contributed by atoms with Crippen LogP contribution in [0.15, 0.2) is 48.0 Å². The number of carbonyl (C=O) groups is 2. The van der Waals surface area contributed by atoms with Gasteiger partial charge in [-0.2, -0.15) is 0 Å². The molecule has 0 saturated carbocycles. The topological polar surface area (TPSA) is 66.8 Å². The van der Waals surface area contributed by atoms with Crippen LogP contribution in [0.2, 0.25) is 0 Å². The molecule has 0 atom stereocenters. The van der Waals surface area contributed by atoms with Gasteiger partial charge in [0.25, 0.3) is 0 Å². The number of carboxylic acid groups (broad SMARTS) is 1. The molecule has 5 nitrogen and oxygen atoms in total. The Bertz CT molecular complexity index is 801. The quantitative estimate of drug-likeness (QED) is 0.851. The first kappa shape index (κ1) is 17.2. The van der Waals surface area contributed by atoms with Gasteiger partial charge in [0.15, 0.2) is 0 Å². The Balaban J connectivity index is 1.77. The van der Waals surface area contributed by atoms with Gasteiger partial charge in [0.05, 0.1) is 13.2 Å². The number of hydrogen-bond donors (Lipinski definition) is 1. The fourth-order valence-corrected chi connectivity index (χ4v) is 3.02. The van der Waals surface area contributed by atoms with E-state index in [4.69, 9.17) is 4.74 Å². The van der Waals surface area contributed by atoms with E-state index in [-0.39, 0.29) is 24.3 Å². The van der Waals surface area contributed by atoms with Gasteiger partial charge in [-0.3, -0.25) is 4.79 Å². The lowest BCUT2D eigenvalue weighted by Crippen LogP contribution is -2.40. The predicted octanol–water partition coefficient (Wildman–Crippen LogP) is 2.95. The van der Waals surface area contributed by atoms with Gasteiger partial charge in [0.1, 0.15) is 0 Å². The molecule has 1 fully saturated rings. The number of hydrogen-bond acceptors (Lipinski definition) is 3. The molecule has 25 heavy (non-hydrogen) atoms. The summed E-state index contributed by atoms with van der Waals surface area (Å²) in [6.07, 6.45) is 2.09. The number of carbonyl (C=O) groups excluding carboxylic acids is 1. The number of nitrogens with zero attached hydrogens (tertiary/aromatic N) is 1. The molecule has 0 unspecified atom stereocenters. The molecule has 1 aliphatic rings. The minimum absolute atomic E-state index is 0.0200. The van der Waals surface area contributed by atoms with Gasteiger partial charge in [-0.05, 0) is 28.8 Å². The molecular formula is C20H21NO4. The molecule has 1 aliphatic heterocycles. The second kappa shape index (κ2) is 7.94. The Labute approximate surface area is 146 Å². The lowest BCUT2D eigenvalue weighted by atomic mass is 10.0. The van der Waals surface area contributed by atoms with Crippen molar-refractivity contribution in [1.82, 2.24) is 4.90 Å². The normalized spacial score (nSPS) is 15.4. The molecule has 1 saturated heterocycles. The Kier molecular flexibility index (Phi) is 5.46. The first-order valence-corrected chi connectivity index (χ1v) is 8.42. The molecule has 2 aromatic carbocycles. The molecular weight excluding hydrogens is 318 g/mol. The van der Waals surface area contributed by atoms with Crippen LogP contribution in [0.3, 0.4) is 0 Å². The van der Waals surface area contributed by atoms with E-state index in [0.717, 1.165) is 16.3 Å². The highest BCUT2D eigenvalue weighted by molar-refractivity contribution is 5.98. The van der Waals surface area contributed by atoms with Crippen molar-refractivity contribution in [2.45, 2.75) is 12.8 Å². The van der Waals surface area contributed by atoms with Gasteiger partial charge in [-0.15, -0.1) is 0 Å². The molecule has 3 rings (SSSR count). The number of amides is 1. The van der Waals surface area contributed by atoms with Crippen LogP contribution in [0, 0.1) is 0 Å². The smallest absolute Gasteiger partial charge is 0.331 e. The van der Waals surface area contributed by atoms with Crippen LogP contribution in [0.1, 0.15) is 18.4 Å². The standard InChI is InChI=1S/C20H21NO4/c22-19(21-10-12-25-13-11-21)9-8-17(20(23)24)14-16-6-3-5-15-4-1-2-7-18(15)16/h1-7,14H,8-13H2,(H,23,24)/b17-14-. The number of rotatable bonds is 5. The Morgan fingerprint density at radius 2 is 1.76 bits per heavy atom. The predicted molar refractivity (Wildman–Crippen MR) is 96.2 cm³/mol. The van der Waals surface area contributed by atoms with Crippen LogP contribution < -0.4 is 0 Å². The molecule has 5 heteroatoms. The van der Waals surface area contributed by atoms with Crippen LogP contribution in [0.25, 0.3) is 16.8 Å². The summed E-state index contributed by atoms with van der Waals surface area (Å²) < 4.78 is 5.23. The number of aliphatic carboxylic acids is 1. The molecule has 0 aromatic heterocycles. The van der Waals surface area contributed by atoms with Crippen molar-refractivity contribution in [2.75, 3.05) is 26.3 Å². The zero-order valence-electron chi connectivity index (χ0n) is 14.0. The minimum Gasteiger partial charge on any atom is -0.478 e. The Morgan fingerprint density at radius 1 is 1.04 bits per heavy atom. The first-order chi connectivity index (χ1) is 12.1. The van der Waals surface area contributed by atoms with E-state index in [1.807, 2.05) is 42.5 Å². The molecule has 0 radical (unpaired) electrons. The van der Waals surface area contributed by atoms with Gasteiger partial charge < -0.3 is 14.7 Å². The summed E-state index contributed by atoms with van der Waals surface area (Å²) in [4.78, 5) is 25.6. The molecule has 130 valence electrons. The summed E-state index contributed by atoms with van der Waals surface area (Å²) in [6.45, 7) is 2.25. The number of carboxylic acids is 1. The van der Waals surface area contributed by atoms with E-state index in [1.54, 1.807) is 11.0 Å². The van der Waals surface area contributed by atoms with E-state index < -0.39 is 5.97 Å². The second-order valence-corrected chi connectivity index (χ2v) is 6.04. The Morgan fingerprint density at radius 3 is 2.52 bits per heavy atom. The van der Waals surface area contributed by atoms with Crippen molar-refractivity contribution < 1.29 is 19.4 Å². The first-order valence-electron chi connectivity index (χ1n) is 8.42. The highest BCUT2D eigenvalue weighted by Gasteiger charge is 2.18. The summed E-state index contributed by atoms with van der Waals surface area (Å²) in [5, 5.41) is 11.6. The fourth-order valence-electron chi connectivity index (χ4n) is 3.02. The maximum Gasteiger partial charge on any atom is 0.331 e. The maximum atomic E-state index is 12.2. The fraction of sp³-hybridized carbons (Fsp3) is 0.300. The average molecular weight is 339 g/mol. The number of fused-ring (bicyclic) bond motifs is 1. The van der Waals surface area contributed by atoms with E-state index >= 15 is 0 Å². The second-order valence-electron chi connectivity index (χ2n) is 6.04. The van der Waals surface area contributed by atoms with Gasteiger partial charge in [0, 0.05) is 25.1 Å². The largest absolute Gasteiger partial charge is 0.478 e. The zero-order chi connectivity index (χ0) is 17.6. The molecule has 0 spiro atoms. The maximum absolute atomic E-state index is 12.2. The van der Waals surface area contributed by atoms with Crippen molar-refractivity contribution in [2.24, 2.45) is 0 Å². The molecule has 1 heterocycles. The van der Waals surface area contributed by atoms with Crippen LogP contribution in [-0.4, -0.2) is 48.2 Å². The third-order valence-corrected chi connectivity index (χ3v) is 4.40. The van der Waals surface area contributed by atoms with Crippen LogP contribution in [0.4, 0.5) is 0 Å². The van der Waals surface area contributed by atoms with E-state index in [9.17, 15) is 14.7 Å². The van der Waals surface area contributed by atoms with Crippen molar-refractivity contribution in [3.05, 3.63) is 53.6 Å². The van der Waals surface area contributed by atoms with E-state index in [2.05, 4.69) is 0 Å². The van der Waals surface area contributed by atoms with Gasteiger partial charge >= 0.3 is 5.97 Å². The summed E-state index contributed by atoms with van der Waals surface area (Å²) in [5.74, 6) is -1.00. The summed E-state index contributed by atoms with van der Waals surface area (Å²) in [5.41, 5.74) is 1.10. The molecule has 0 bridgehead atoms. The Hall–Kier alpha value is -2.66. The molecule has 0 aliphatic carbocycles. The lowest BCUT2D eigenvalue weighted by molar-refractivity contribution is -0.135. The number of morpholine rings is 1. The van der Waals surface area contributed by atoms with Crippen LogP contribution >= 0.6 is 0 Å². The SMILES string of the molecule is O=C(O)/C(=C\c1cccc2ccccc12)CCC(=O)N1CCOCC1. The number of benzene rings is 2. The molecule has 2 aromatic rings. The van der Waals surface area contributed by atoms with Gasteiger partial charge in [-0.1, -0.05) is 42.5 Å². The van der Waals surface area contributed by atoms with Crippen molar-refractivity contribution in [3.8, 4) is 0 Å². The zero-order valence-corrected chi connectivity index (χ0v) is 14.0. The third-order valence-electron chi connectivity index (χ3n) is 4.40. The highest BCUT2D eigenvalue weighted by Crippen LogP contribution is 2.22. The number of ether oxygens (including phenoxy) is 1. The molecule has 1 amide bonds. The monoisotopic (exact) mass is 339 g/mol. The van der Waals surface area contributed by atoms with Crippen molar-refractivity contribution in [1.29, 1.82) is 0 Å². The average Bonchev–Trinajstić information content (AvgIpc) is 2.65. The van der Waals surface area contributed by atoms with Gasteiger partial charge in [-0.25, -0.2) is 4.79 Å². The molecule has 1 N–H and O–H groups in total. The summed E-state index contributed by atoms with van der Waals surface area (Å²) >= 11 is 0. The van der Waals surface area contributed by atoms with E-state index in [1.165, 1.54) is 0 Å². The third kappa shape index (κ3) is 4.25. The van der Waals surface area contributed by atoms with Crippen LogP contribution in [0.5, 0.6) is 0 Å². The summed E-state index contributed by atoms with van der Waals surface area (Å²) in [6, 6.07) is 13.7. The van der Waals surface area contributed by atoms with Gasteiger partial charge in [0.2, 0.25) is 5.91 Å². The van der Waals surface area contributed by atoms with Crippen molar-refractivity contribution in [3.63, 3.8) is 0 Å². The minimum atomic E-state index is -0.984. The van der Waals surface area contributed by atoms with Crippen molar-refractivity contribution >= 4 is 28.7 Å². The lowest BCUT2D eigenvalue weighted by Gasteiger charge is -2.26. The van der Waals surface area contributed by atoms with E-state index in [0.29, 0.717) is 26.3 Å².